The predicted molar refractivity (Wildman–Crippen MR) is 76.2 cm³/mol. The Labute approximate surface area is 113 Å². The van der Waals surface area contributed by atoms with Crippen LogP contribution < -0.4 is 4.90 Å². The Kier molecular flexibility index (Phi) is 2.92. The van der Waals surface area contributed by atoms with Crippen LogP contribution in [0.5, 0.6) is 0 Å². The molecule has 5 heteroatoms. The average Bonchev–Trinajstić information content (AvgIpc) is 2.64. The lowest BCUT2D eigenvalue weighted by Gasteiger charge is -2.36. The molecule has 5 nitrogen and oxygen atoms in total. The molecule has 2 atom stereocenters. The summed E-state index contributed by atoms with van der Waals surface area (Å²) in [7, 11) is 1.94. The molecule has 0 amide bonds. The van der Waals surface area contributed by atoms with Gasteiger partial charge in [-0.25, -0.2) is 9.97 Å². The summed E-state index contributed by atoms with van der Waals surface area (Å²) in [5.41, 5.74) is 1.94. The molecule has 2 unspecified atom stereocenters. The van der Waals surface area contributed by atoms with Gasteiger partial charge >= 0.3 is 0 Å². The van der Waals surface area contributed by atoms with Gasteiger partial charge in [0.25, 0.3) is 0 Å². The molecule has 2 aromatic rings. The van der Waals surface area contributed by atoms with Crippen molar-refractivity contribution >= 4 is 16.9 Å². The van der Waals surface area contributed by atoms with Gasteiger partial charge in [0.2, 0.25) is 0 Å². The highest BCUT2D eigenvalue weighted by Crippen LogP contribution is 2.30. The molecule has 2 aromatic heterocycles. The fraction of sp³-hybridized carbons (Fsp3) is 0.643. The van der Waals surface area contributed by atoms with E-state index >= 15 is 0 Å². The number of aryl methyl sites for hydroxylation is 2. The van der Waals surface area contributed by atoms with Crippen LogP contribution in [0.4, 0.5) is 5.82 Å². The Hall–Kier alpha value is -1.65. The first-order valence-electron chi connectivity index (χ1n) is 6.95. The second-order valence-corrected chi connectivity index (χ2v) is 5.96. The van der Waals surface area contributed by atoms with Crippen LogP contribution in [-0.2, 0) is 7.05 Å². The standard InChI is InChI=1S/C14H21N5/c1-9-5-10(2)7-19(6-9)14-12-11(3)17-18(4)13(12)15-8-16-14/h8-10H,5-7H2,1-4H3. The van der Waals surface area contributed by atoms with E-state index in [0.29, 0.717) is 11.8 Å². The number of fused-ring (bicyclic) bond motifs is 1. The molecule has 1 aliphatic heterocycles. The Bertz CT molecular complexity index is 593. The molecule has 19 heavy (non-hydrogen) atoms. The average molecular weight is 259 g/mol. The fourth-order valence-electron chi connectivity index (χ4n) is 3.33. The molecular weight excluding hydrogens is 238 g/mol. The molecule has 0 saturated carbocycles. The summed E-state index contributed by atoms with van der Waals surface area (Å²) >= 11 is 0. The molecule has 0 aliphatic carbocycles. The van der Waals surface area contributed by atoms with E-state index in [1.807, 2.05) is 18.7 Å². The molecule has 1 saturated heterocycles. The third-order valence-corrected chi connectivity index (χ3v) is 3.94. The van der Waals surface area contributed by atoms with Crippen molar-refractivity contribution < 1.29 is 0 Å². The van der Waals surface area contributed by atoms with Crippen molar-refractivity contribution in [1.82, 2.24) is 19.7 Å². The van der Waals surface area contributed by atoms with Crippen LogP contribution in [0.1, 0.15) is 26.0 Å². The van der Waals surface area contributed by atoms with Gasteiger partial charge < -0.3 is 4.90 Å². The van der Waals surface area contributed by atoms with E-state index in [-0.39, 0.29) is 0 Å². The summed E-state index contributed by atoms with van der Waals surface area (Å²) in [6, 6.07) is 0. The Morgan fingerprint density at radius 3 is 2.53 bits per heavy atom. The normalized spacial score (nSPS) is 24.1. The third kappa shape index (κ3) is 2.07. The SMILES string of the molecule is Cc1nn(C)c2ncnc(N3CC(C)CC(C)C3)c12. The van der Waals surface area contributed by atoms with Gasteiger partial charge in [-0.2, -0.15) is 5.10 Å². The zero-order valence-electron chi connectivity index (χ0n) is 12.1. The van der Waals surface area contributed by atoms with Crippen molar-refractivity contribution in [3.63, 3.8) is 0 Å². The van der Waals surface area contributed by atoms with Crippen LogP contribution in [0, 0.1) is 18.8 Å². The molecule has 0 aromatic carbocycles. The molecule has 3 rings (SSSR count). The number of hydrogen-bond donors (Lipinski definition) is 0. The van der Waals surface area contributed by atoms with Gasteiger partial charge in [0.1, 0.15) is 12.1 Å². The maximum Gasteiger partial charge on any atom is 0.163 e. The summed E-state index contributed by atoms with van der Waals surface area (Å²) in [6.45, 7) is 8.82. The quantitative estimate of drug-likeness (QED) is 0.787. The smallest absolute Gasteiger partial charge is 0.163 e. The van der Waals surface area contributed by atoms with Crippen LogP contribution in [0.25, 0.3) is 11.0 Å². The number of rotatable bonds is 1. The van der Waals surface area contributed by atoms with Crippen molar-refractivity contribution in [3.8, 4) is 0 Å². The van der Waals surface area contributed by atoms with Gasteiger partial charge in [0.05, 0.1) is 11.1 Å². The second kappa shape index (κ2) is 4.47. The topological polar surface area (TPSA) is 46.8 Å². The Morgan fingerprint density at radius 2 is 1.84 bits per heavy atom. The highest BCUT2D eigenvalue weighted by Gasteiger charge is 2.25. The highest BCUT2D eigenvalue weighted by atomic mass is 15.3. The molecule has 102 valence electrons. The maximum absolute atomic E-state index is 4.54. The van der Waals surface area contributed by atoms with Crippen LogP contribution in [0.3, 0.4) is 0 Å². The van der Waals surface area contributed by atoms with E-state index in [4.69, 9.17) is 0 Å². The van der Waals surface area contributed by atoms with Crippen molar-refractivity contribution in [3.05, 3.63) is 12.0 Å². The molecular formula is C14H21N5. The highest BCUT2D eigenvalue weighted by molar-refractivity contribution is 5.89. The Balaban J connectivity index is 2.09. The summed E-state index contributed by atoms with van der Waals surface area (Å²) in [5, 5.41) is 5.57. The van der Waals surface area contributed by atoms with Crippen LogP contribution >= 0.6 is 0 Å². The summed E-state index contributed by atoms with van der Waals surface area (Å²) in [4.78, 5) is 11.3. The zero-order valence-corrected chi connectivity index (χ0v) is 12.1. The van der Waals surface area contributed by atoms with Gasteiger partial charge in [0.15, 0.2) is 5.65 Å². The first-order chi connectivity index (χ1) is 9.06. The molecule has 3 heterocycles. The molecule has 1 fully saturated rings. The van der Waals surface area contributed by atoms with Gasteiger partial charge in [-0.15, -0.1) is 0 Å². The molecule has 0 bridgehead atoms. The van der Waals surface area contributed by atoms with Gasteiger partial charge in [0, 0.05) is 20.1 Å². The summed E-state index contributed by atoms with van der Waals surface area (Å²) < 4.78 is 1.84. The minimum absolute atomic E-state index is 0.714. The molecule has 1 aliphatic rings. The van der Waals surface area contributed by atoms with Crippen molar-refractivity contribution in [2.24, 2.45) is 18.9 Å². The number of hydrogen-bond acceptors (Lipinski definition) is 4. The lowest BCUT2D eigenvalue weighted by Crippen LogP contribution is -2.39. The largest absolute Gasteiger partial charge is 0.355 e. The van der Waals surface area contributed by atoms with E-state index in [9.17, 15) is 0 Å². The number of anilines is 1. The number of piperidine rings is 1. The first-order valence-corrected chi connectivity index (χ1v) is 6.95. The minimum atomic E-state index is 0.714. The van der Waals surface area contributed by atoms with E-state index < -0.39 is 0 Å². The number of nitrogens with zero attached hydrogens (tertiary/aromatic N) is 5. The van der Waals surface area contributed by atoms with E-state index in [2.05, 4.69) is 33.8 Å². The summed E-state index contributed by atoms with van der Waals surface area (Å²) in [5.74, 6) is 2.48. The minimum Gasteiger partial charge on any atom is -0.355 e. The van der Waals surface area contributed by atoms with Crippen LogP contribution in [0.2, 0.25) is 0 Å². The predicted octanol–water partition coefficient (Wildman–Crippen LogP) is 2.15. The van der Waals surface area contributed by atoms with Crippen molar-refractivity contribution in [2.75, 3.05) is 18.0 Å². The Morgan fingerprint density at radius 1 is 1.16 bits per heavy atom. The lowest BCUT2D eigenvalue weighted by molar-refractivity contribution is 0.356. The maximum atomic E-state index is 4.54. The molecule has 0 spiro atoms. The first kappa shape index (κ1) is 12.4. The van der Waals surface area contributed by atoms with Crippen LogP contribution in [0.15, 0.2) is 6.33 Å². The van der Waals surface area contributed by atoms with Gasteiger partial charge in [-0.3, -0.25) is 4.68 Å². The lowest BCUT2D eigenvalue weighted by atomic mass is 9.92. The monoisotopic (exact) mass is 259 g/mol. The number of aromatic nitrogens is 4. The van der Waals surface area contributed by atoms with Gasteiger partial charge in [-0.1, -0.05) is 13.8 Å². The van der Waals surface area contributed by atoms with Crippen LogP contribution in [-0.4, -0.2) is 32.8 Å². The van der Waals surface area contributed by atoms with E-state index in [0.717, 1.165) is 35.6 Å². The zero-order chi connectivity index (χ0) is 13.6. The van der Waals surface area contributed by atoms with Crippen molar-refractivity contribution in [1.29, 1.82) is 0 Å². The fourth-order valence-corrected chi connectivity index (χ4v) is 3.33. The molecule has 0 radical (unpaired) electrons. The van der Waals surface area contributed by atoms with E-state index in [1.54, 1.807) is 6.33 Å². The van der Waals surface area contributed by atoms with Gasteiger partial charge in [-0.05, 0) is 25.2 Å². The van der Waals surface area contributed by atoms with E-state index in [1.165, 1.54) is 6.42 Å². The van der Waals surface area contributed by atoms with Crippen molar-refractivity contribution in [2.45, 2.75) is 27.2 Å². The summed E-state index contributed by atoms with van der Waals surface area (Å²) in [6.07, 6.45) is 2.96. The third-order valence-electron chi connectivity index (χ3n) is 3.94. The molecule has 0 N–H and O–H groups in total. The second-order valence-electron chi connectivity index (χ2n) is 5.96.